The number of hydrogen-bond donors (Lipinski definition) is 1. The van der Waals surface area contributed by atoms with Crippen molar-refractivity contribution in [3.05, 3.63) is 35.7 Å². The molecule has 26 heavy (non-hydrogen) atoms. The lowest BCUT2D eigenvalue weighted by molar-refractivity contribution is -0.119. The maximum atomic E-state index is 12.1. The van der Waals surface area contributed by atoms with Gasteiger partial charge in [-0.25, -0.2) is 0 Å². The number of benzene rings is 1. The highest BCUT2D eigenvalue weighted by molar-refractivity contribution is 7.99. The molecule has 1 amide bonds. The van der Waals surface area contributed by atoms with Crippen LogP contribution in [-0.4, -0.2) is 35.0 Å². The molecule has 0 saturated heterocycles. The van der Waals surface area contributed by atoms with E-state index in [0.29, 0.717) is 29.3 Å². The summed E-state index contributed by atoms with van der Waals surface area (Å²) in [6.45, 7) is 2.27. The molecule has 1 aliphatic carbocycles. The van der Waals surface area contributed by atoms with Crippen LogP contribution in [0.5, 0.6) is 5.75 Å². The Bertz CT molecular complexity index is 709. The minimum Gasteiger partial charge on any atom is -0.497 e. The summed E-state index contributed by atoms with van der Waals surface area (Å²) in [5, 5.41) is 11.6. The molecule has 1 aliphatic rings. The molecule has 1 fully saturated rings. The summed E-state index contributed by atoms with van der Waals surface area (Å²) in [4.78, 5) is 12.1. The minimum absolute atomic E-state index is 0.0319. The van der Waals surface area contributed by atoms with Crippen LogP contribution >= 0.6 is 11.8 Å². The number of thioether (sulfide) groups is 1. The third-order valence-corrected chi connectivity index (χ3v) is 5.49. The van der Waals surface area contributed by atoms with E-state index in [1.54, 1.807) is 7.11 Å². The predicted octanol–water partition coefficient (Wildman–Crippen LogP) is 3.46. The molecule has 7 heteroatoms. The summed E-state index contributed by atoms with van der Waals surface area (Å²) < 4.78 is 10.8. The van der Waals surface area contributed by atoms with Crippen molar-refractivity contribution in [2.75, 3.05) is 12.9 Å². The number of methoxy groups -OCH3 is 1. The van der Waals surface area contributed by atoms with Gasteiger partial charge in [0.25, 0.3) is 5.22 Å². The van der Waals surface area contributed by atoms with Crippen molar-refractivity contribution in [2.45, 2.75) is 50.3 Å². The van der Waals surface area contributed by atoms with Crippen LogP contribution in [0, 0.1) is 5.92 Å². The largest absolute Gasteiger partial charge is 0.497 e. The molecule has 1 aromatic heterocycles. The molecule has 3 rings (SSSR count). The summed E-state index contributed by atoms with van der Waals surface area (Å²) in [5.74, 6) is 2.47. The summed E-state index contributed by atoms with van der Waals surface area (Å²) >= 11 is 1.28. The first-order valence-electron chi connectivity index (χ1n) is 9.00. The van der Waals surface area contributed by atoms with Crippen molar-refractivity contribution in [1.82, 2.24) is 15.5 Å². The molecule has 140 valence electrons. The summed E-state index contributed by atoms with van der Waals surface area (Å²) in [5.41, 5.74) is 1.07. The van der Waals surface area contributed by atoms with Crippen LogP contribution in [0.25, 0.3) is 0 Å². The zero-order chi connectivity index (χ0) is 18.4. The molecule has 0 aliphatic heterocycles. The maximum absolute atomic E-state index is 12.1. The summed E-state index contributed by atoms with van der Waals surface area (Å²) in [7, 11) is 1.64. The van der Waals surface area contributed by atoms with E-state index < -0.39 is 0 Å². The molecule has 0 spiro atoms. The number of ether oxygens (including phenoxy) is 1. The number of amides is 1. The third kappa shape index (κ3) is 5.49. The highest BCUT2D eigenvalue weighted by atomic mass is 32.2. The van der Waals surface area contributed by atoms with Crippen molar-refractivity contribution < 1.29 is 13.9 Å². The SMILES string of the molecule is COc1ccc(Cc2nnc(SCC(=O)NC3CCC(C)CC3)o2)cc1. The molecule has 0 radical (unpaired) electrons. The zero-order valence-electron chi connectivity index (χ0n) is 15.2. The maximum Gasteiger partial charge on any atom is 0.277 e. The van der Waals surface area contributed by atoms with E-state index in [1.807, 2.05) is 24.3 Å². The quantitative estimate of drug-likeness (QED) is 0.747. The van der Waals surface area contributed by atoms with E-state index in [4.69, 9.17) is 9.15 Å². The van der Waals surface area contributed by atoms with Crippen LogP contribution < -0.4 is 10.1 Å². The Balaban J connectivity index is 1.43. The van der Waals surface area contributed by atoms with E-state index >= 15 is 0 Å². The highest BCUT2D eigenvalue weighted by Gasteiger charge is 2.20. The number of aromatic nitrogens is 2. The van der Waals surface area contributed by atoms with Gasteiger partial charge in [0, 0.05) is 6.04 Å². The van der Waals surface area contributed by atoms with Gasteiger partial charge in [0.05, 0.1) is 19.3 Å². The predicted molar refractivity (Wildman–Crippen MR) is 100 cm³/mol. The Morgan fingerprint density at radius 3 is 2.65 bits per heavy atom. The zero-order valence-corrected chi connectivity index (χ0v) is 16.1. The molecule has 0 atom stereocenters. The second-order valence-corrected chi connectivity index (χ2v) is 7.73. The van der Waals surface area contributed by atoms with E-state index in [9.17, 15) is 4.79 Å². The van der Waals surface area contributed by atoms with Gasteiger partial charge in [0.2, 0.25) is 11.8 Å². The van der Waals surface area contributed by atoms with Crippen LogP contribution in [0.3, 0.4) is 0 Å². The number of rotatable bonds is 7. The third-order valence-electron chi connectivity index (χ3n) is 4.67. The average molecular weight is 375 g/mol. The van der Waals surface area contributed by atoms with Gasteiger partial charge in [-0.3, -0.25) is 4.79 Å². The molecule has 6 nitrogen and oxygen atoms in total. The van der Waals surface area contributed by atoms with Crippen LogP contribution in [-0.2, 0) is 11.2 Å². The normalized spacial score (nSPS) is 19.9. The fourth-order valence-electron chi connectivity index (χ4n) is 3.09. The van der Waals surface area contributed by atoms with Crippen molar-refractivity contribution in [1.29, 1.82) is 0 Å². The fourth-order valence-corrected chi connectivity index (χ4v) is 3.68. The van der Waals surface area contributed by atoms with E-state index in [0.717, 1.165) is 30.1 Å². The van der Waals surface area contributed by atoms with Gasteiger partial charge in [0.1, 0.15) is 5.75 Å². The molecule has 1 heterocycles. The van der Waals surface area contributed by atoms with Crippen molar-refractivity contribution in [2.24, 2.45) is 5.92 Å². The molecule has 2 aromatic rings. The van der Waals surface area contributed by atoms with E-state index in [2.05, 4.69) is 22.4 Å². The van der Waals surface area contributed by atoms with E-state index in [-0.39, 0.29) is 5.91 Å². The van der Waals surface area contributed by atoms with Gasteiger partial charge in [-0.1, -0.05) is 30.8 Å². The van der Waals surface area contributed by atoms with Crippen molar-refractivity contribution in [3.8, 4) is 5.75 Å². The Labute approximate surface area is 158 Å². The smallest absolute Gasteiger partial charge is 0.277 e. The number of nitrogens with one attached hydrogen (secondary N) is 1. The number of carbonyl (C=O) groups excluding carboxylic acids is 1. The minimum atomic E-state index is 0.0319. The molecule has 1 aromatic carbocycles. The summed E-state index contributed by atoms with van der Waals surface area (Å²) in [6.07, 6.45) is 5.09. The van der Waals surface area contributed by atoms with Gasteiger partial charge in [-0.05, 0) is 49.3 Å². The Morgan fingerprint density at radius 1 is 1.23 bits per heavy atom. The number of hydrogen-bond acceptors (Lipinski definition) is 6. The first-order chi connectivity index (χ1) is 12.6. The lowest BCUT2D eigenvalue weighted by Crippen LogP contribution is -2.38. The van der Waals surface area contributed by atoms with Gasteiger partial charge in [0.15, 0.2) is 0 Å². The molecule has 1 N–H and O–H groups in total. The molecular weight excluding hydrogens is 350 g/mol. The van der Waals surface area contributed by atoms with E-state index in [1.165, 1.54) is 24.6 Å². The highest BCUT2D eigenvalue weighted by Crippen LogP contribution is 2.24. The average Bonchev–Trinajstić information content (AvgIpc) is 3.10. The molecule has 0 bridgehead atoms. The van der Waals surface area contributed by atoms with Crippen LogP contribution in [0.1, 0.15) is 44.1 Å². The number of carbonyl (C=O) groups is 1. The second-order valence-electron chi connectivity index (χ2n) is 6.80. The first kappa shape index (κ1) is 18.8. The monoisotopic (exact) mass is 375 g/mol. The molecule has 0 unspecified atom stereocenters. The van der Waals surface area contributed by atoms with Crippen LogP contribution in [0.4, 0.5) is 0 Å². The fraction of sp³-hybridized carbons (Fsp3) is 0.526. The van der Waals surface area contributed by atoms with Gasteiger partial charge >= 0.3 is 0 Å². The first-order valence-corrected chi connectivity index (χ1v) is 9.98. The van der Waals surface area contributed by atoms with Gasteiger partial charge in [-0.15, -0.1) is 10.2 Å². The van der Waals surface area contributed by atoms with Crippen LogP contribution in [0.2, 0.25) is 0 Å². The Hall–Kier alpha value is -2.02. The molecule has 1 saturated carbocycles. The summed E-state index contributed by atoms with van der Waals surface area (Å²) in [6, 6.07) is 8.05. The standard InChI is InChI=1S/C19H25N3O3S/c1-13-3-7-15(8-4-13)20-17(23)12-26-19-22-21-18(25-19)11-14-5-9-16(24-2)10-6-14/h5-6,9-10,13,15H,3-4,7-8,11-12H2,1-2H3,(H,20,23). The topological polar surface area (TPSA) is 77.2 Å². The molecular formula is C19H25N3O3S. The van der Waals surface area contributed by atoms with Crippen molar-refractivity contribution in [3.63, 3.8) is 0 Å². The van der Waals surface area contributed by atoms with Crippen LogP contribution in [0.15, 0.2) is 33.9 Å². The Kier molecular flexibility index (Phi) is 6.55. The number of nitrogens with zero attached hydrogens (tertiary/aromatic N) is 2. The second kappa shape index (κ2) is 9.07. The van der Waals surface area contributed by atoms with Crippen molar-refractivity contribution >= 4 is 17.7 Å². The Morgan fingerprint density at radius 2 is 1.96 bits per heavy atom. The lowest BCUT2D eigenvalue weighted by Gasteiger charge is -2.26. The van der Waals surface area contributed by atoms with Gasteiger partial charge < -0.3 is 14.5 Å². The van der Waals surface area contributed by atoms with Gasteiger partial charge in [-0.2, -0.15) is 0 Å². The lowest BCUT2D eigenvalue weighted by atomic mass is 9.87.